The summed E-state index contributed by atoms with van der Waals surface area (Å²) in [5, 5.41) is 3.50. The van der Waals surface area contributed by atoms with Gasteiger partial charge in [0.2, 0.25) is 5.95 Å². The molecule has 0 spiro atoms. The highest BCUT2D eigenvalue weighted by molar-refractivity contribution is 5.53. The molecule has 0 aliphatic carbocycles. The van der Waals surface area contributed by atoms with E-state index in [0.717, 1.165) is 37.8 Å². The monoisotopic (exact) mass is 342 g/mol. The number of pyridine rings is 1. The summed E-state index contributed by atoms with van der Waals surface area (Å²) in [4.78, 5) is 14.9. The molecule has 2 aromatic heterocycles. The number of rotatable bonds is 7. The van der Waals surface area contributed by atoms with Crippen LogP contribution in [0.5, 0.6) is 0 Å². The van der Waals surface area contributed by atoms with E-state index in [-0.39, 0.29) is 12.0 Å². The Labute approximate surface area is 148 Å². The minimum Gasteiger partial charge on any atom is -0.379 e. The number of anilines is 3. The van der Waals surface area contributed by atoms with Gasteiger partial charge in [-0.25, -0.2) is 0 Å². The van der Waals surface area contributed by atoms with E-state index in [1.807, 2.05) is 18.5 Å². The van der Waals surface area contributed by atoms with Gasteiger partial charge in [-0.2, -0.15) is 9.97 Å². The molecule has 7 heteroatoms. The standard InChI is InChI=1S/C18H26N6O/c1-3-24(4-2)17-10-16(22-18(19)23-17)21-15-12-25-11-14(15)9-13-5-7-20-8-6-13/h5-8,10,14-15H,3-4,9,11-12H2,1-2H3,(H3,19,21,22,23)/t14-,15-/m1/s1. The summed E-state index contributed by atoms with van der Waals surface area (Å²) in [7, 11) is 0. The van der Waals surface area contributed by atoms with Crippen LogP contribution in [0, 0.1) is 5.92 Å². The first-order chi connectivity index (χ1) is 12.2. The average molecular weight is 342 g/mol. The Morgan fingerprint density at radius 3 is 2.68 bits per heavy atom. The van der Waals surface area contributed by atoms with Crippen LogP contribution >= 0.6 is 0 Å². The topological polar surface area (TPSA) is 89.2 Å². The van der Waals surface area contributed by atoms with Crippen LogP contribution in [0.2, 0.25) is 0 Å². The molecule has 1 aliphatic rings. The van der Waals surface area contributed by atoms with E-state index in [0.29, 0.717) is 12.5 Å². The Hall–Kier alpha value is -2.41. The minimum atomic E-state index is 0.201. The van der Waals surface area contributed by atoms with Crippen molar-refractivity contribution < 1.29 is 4.74 Å². The highest BCUT2D eigenvalue weighted by Crippen LogP contribution is 2.24. The van der Waals surface area contributed by atoms with E-state index in [4.69, 9.17) is 10.5 Å². The molecule has 3 rings (SSSR count). The van der Waals surface area contributed by atoms with Crippen LogP contribution in [-0.4, -0.2) is 47.3 Å². The third-order valence-electron chi connectivity index (χ3n) is 4.60. The first-order valence-electron chi connectivity index (χ1n) is 8.82. The Balaban J connectivity index is 1.72. The van der Waals surface area contributed by atoms with Gasteiger partial charge in [-0.05, 0) is 38.0 Å². The molecule has 0 saturated carbocycles. The molecular formula is C18H26N6O. The summed E-state index contributed by atoms with van der Waals surface area (Å²) in [5.74, 6) is 2.28. The lowest BCUT2D eigenvalue weighted by molar-refractivity contribution is 0.185. The normalized spacial score (nSPS) is 19.8. The van der Waals surface area contributed by atoms with Crippen molar-refractivity contribution in [2.75, 3.05) is 42.3 Å². The van der Waals surface area contributed by atoms with Gasteiger partial charge >= 0.3 is 0 Å². The van der Waals surface area contributed by atoms with Crippen molar-refractivity contribution in [1.29, 1.82) is 0 Å². The highest BCUT2D eigenvalue weighted by atomic mass is 16.5. The molecule has 7 nitrogen and oxygen atoms in total. The predicted molar refractivity (Wildman–Crippen MR) is 99.7 cm³/mol. The van der Waals surface area contributed by atoms with E-state index in [9.17, 15) is 0 Å². The number of aromatic nitrogens is 3. The molecule has 0 amide bonds. The Morgan fingerprint density at radius 1 is 1.20 bits per heavy atom. The summed E-state index contributed by atoms with van der Waals surface area (Å²) >= 11 is 0. The van der Waals surface area contributed by atoms with Gasteiger partial charge in [0, 0.05) is 37.5 Å². The van der Waals surface area contributed by atoms with Gasteiger partial charge in [0.05, 0.1) is 19.3 Å². The number of nitrogens with zero attached hydrogens (tertiary/aromatic N) is 4. The molecule has 2 atom stereocenters. The maximum atomic E-state index is 5.91. The van der Waals surface area contributed by atoms with Crippen LogP contribution in [0.15, 0.2) is 30.6 Å². The lowest BCUT2D eigenvalue weighted by Crippen LogP contribution is -2.30. The summed E-state index contributed by atoms with van der Waals surface area (Å²) in [6, 6.07) is 6.27. The Bertz CT molecular complexity index is 677. The van der Waals surface area contributed by atoms with Gasteiger partial charge in [0.1, 0.15) is 11.6 Å². The van der Waals surface area contributed by atoms with Gasteiger partial charge in [-0.1, -0.05) is 0 Å². The predicted octanol–water partition coefficient (Wildman–Crippen LogP) is 1.97. The first-order valence-corrected chi connectivity index (χ1v) is 8.82. The fourth-order valence-corrected chi connectivity index (χ4v) is 3.21. The SMILES string of the molecule is CCN(CC)c1cc(N[C@@H]2COC[C@H]2Cc2ccncc2)nc(N)n1. The van der Waals surface area contributed by atoms with Crippen molar-refractivity contribution >= 4 is 17.6 Å². The van der Waals surface area contributed by atoms with Gasteiger partial charge in [0.15, 0.2) is 0 Å². The molecule has 1 fully saturated rings. The smallest absolute Gasteiger partial charge is 0.223 e. The van der Waals surface area contributed by atoms with E-state index in [1.165, 1.54) is 5.56 Å². The zero-order chi connectivity index (χ0) is 17.6. The zero-order valence-electron chi connectivity index (χ0n) is 14.9. The summed E-state index contributed by atoms with van der Waals surface area (Å²) in [5.41, 5.74) is 7.18. The lowest BCUT2D eigenvalue weighted by atomic mass is 9.95. The maximum Gasteiger partial charge on any atom is 0.223 e. The molecule has 2 aromatic rings. The highest BCUT2D eigenvalue weighted by Gasteiger charge is 2.29. The van der Waals surface area contributed by atoms with Crippen molar-refractivity contribution in [3.8, 4) is 0 Å². The molecule has 25 heavy (non-hydrogen) atoms. The largest absolute Gasteiger partial charge is 0.379 e. The third-order valence-corrected chi connectivity index (χ3v) is 4.60. The van der Waals surface area contributed by atoms with E-state index >= 15 is 0 Å². The van der Waals surface area contributed by atoms with Crippen LogP contribution < -0.4 is 16.0 Å². The van der Waals surface area contributed by atoms with Crippen molar-refractivity contribution in [3.63, 3.8) is 0 Å². The minimum absolute atomic E-state index is 0.201. The van der Waals surface area contributed by atoms with Crippen LogP contribution in [-0.2, 0) is 11.2 Å². The molecule has 3 heterocycles. The fourth-order valence-electron chi connectivity index (χ4n) is 3.21. The second-order valence-corrected chi connectivity index (χ2v) is 6.25. The average Bonchev–Trinajstić information content (AvgIpc) is 3.03. The molecule has 3 N–H and O–H groups in total. The number of nitrogens with two attached hydrogens (primary N) is 1. The third kappa shape index (κ3) is 4.36. The zero-order valence-corrected chi connectivity index (χ0v) is 14.9. The number of nitrogen functional groups attached to an aromatic ring is 1. The van der Waals surface area contributed by atoms with Gasteiger partial charge in [-0.3, -0.25) is 4.98 Å². The number of hydrogen-bond donors (Lipinski definition) is 2. The Kier molecular flexibility index (Phi) is 5.65. The van der Waals surface area contributed by atoms with Crippen LogP contribution in [0.4, 0.5) is 17.6 Å². The number of ether oxygens (including phenoxy) is 1. The van der Waals surface area contributed by atoms with Crippen molar-refractivity contribution in [2.24, 2.45) is 5.92 Å². The molecule has 0 radical (unpaired) electrons. The van der Waals surface area contributed by atoms with Crippen LogP contribution in [0.25, 0.3) is 0 Å². The van der Waals surface area contributed by atoms with E-state index in [1.54, 1.807) is 0 Å². The first kappa shape index (κ1) is 17.4. The van der Waals surface area contributed by atoms with Crippen molar-refractivity contribution in [1.82, 2.24) is 15.0 Å². The van der Waals surface area contributed by atoms with E-state index < -0.39 is 0 Å². The van der Waals surface area contributed by atoms with E-state index in [2.05, 4.69) is 51.1 Å². The number of hydrogen-bond acceptors (Lipinski definition) is 7. The molecule has 1 saturated heterocycles. The molecule has 0 unspecified atom stereocenters. The van der Waals surface area contributed by atoms with Crippen LogP contribution in [0.1, 0.15) is 19.4 Å². The fraction of sp³-hybridized carbons (Fsp3) is 0.500. The summed E-state index contributed by atoms with van der Waals surface area (Å²) in [6.07, 6.45) is 4.60. The van der Waals surface area contributed by atoms with Crippen LogP contribution in [0.3, 0.4) is 0 Å². The molecule has 1 aliphatic heterocycles. The number of nitrogens with one attached hydrogen (secondary N) is 1. The quantitative estimate of drug-likeness (QED) is 0.795. The van der Waals surface area contributed by atoms with Crippen molar-refractivity contribution in [3.05, 3.63) is 36.2 Å². The molecular weight excluding hydrogens is 316 g/mol. The van der Waals surface area contributed by atoms with Gasteiger partial charge < -0.3 is 20.7 Å². The van der Waals surface area contributed by atoms with Gasteiger partial charge in [-0.15, -0.1) is 0 Å². The van der Waals surface area contributed by atoms with Crippen molar-refractivity contribution in [2.45, 2.75) is 26.3 Å². The second kappa shape index (κ2) is 8.11. The second-order valence-electron chi connectivity index (χ2n) is 6.25. The summed E-state index contributed by atoms with van der Waals surface area (Å²) in [6.45, 7) is 7.37. The molecule has 0 bridgehead atoms. The Morgan fingerprint density at radius 2 is 1.96 bits per heavy atom. The van der Waals surface area contributed by atoms with Gasteiger partial charge in [0.25, 0.3) is 0 Å². The summed E-state index contributed by atoms with van der Waals surface area (Å²) < 4.78 is 5.70. The lowest BCUT2D eigenvalue weighted by Gasteiger charge is -2.23. The molecule has 134 valence electrons. The molecule has 0 aromatic carbocycles. The maximum absolute atomic E-state index is 5.91.